The molecule has 5 rings (SSSR count). The summed E-state index contributed by atoms with van der Waals surface area (Å²) in [6.45, 7) is -0.130. The fraction of sp³-hybridized carbons (Fsp3) is 0.160. The highest BCUT2D eigenvalue weighted by Crippen LogP contribution is 2.22. The molecule has 2 aromatic heterocycles. The maximum Gasteiger partial charge on any atom is 0.399 e. The van der Waals surface area contributed by atoms with E-state index in [1.807, 2.05) is 79.5 Å². The second kappa shape index (κ2) is 6.66. The third-order valence-corrected chi connectivity index (χ3v) is 5.83. The van der Waals surface area contributed by atoms with Crippen LogP contribution >= 0.6 is 0 Å². The van der Waals surface area contributed by atoms with Gasteiger partial charge >= 0.3 is 6.85 Å². The number of hydrogen-bond donors (Lipinski definition) is 0. The van der Waals surface area contributed by atoms with Crippen molar-refractivity contribution in [1.29, 1.82) is 0 Å². The summed E-state index contributed by atoms with van der Waals surface area (Å²) in [5.74, 6) is 0. The minimum Gasteiger partial charge on any atom is -0.455 e. The minimum atomic E-state index is -2.21. The molecule has 0 unspecified atom stereocenters. The van der Waals surface area contributed by atoms with E-state index in [4.69, 9.17) is 8.53 Å². The fourth-order valence-corrected chi connectivity index (χ4v) is 4.49. The molecule has 0 radical (unpaired) electrons. The molecule has 29 heavy (non-hydrogen) atoms. The second-order valence-corrected chi connectivity index (χ2v) is 7.72. The number of fused-ring (bicyclic) bond motifs is 3. The van der Waals surface area contributed by atoms with Crippen molar-refractivity contribution >= 4 is 35.1 Å². The first kappa shape index (κ1) is 14.7. The van der Waals surface area contributed by atoms with Crippen LogP contribution in [0.4, 0.5) is 0 Å². The van der Waals surface area contributed by atoms with Crippen molar-refractivity contribution in [1.82, 2.24) is 4.81 Å². The van der Waals surface area contributed by atoms with Crippen LogP contribution in [0.3, 0.4) is 0 Å². The fourth-order valence-electron chi connectivity index (χ4n) is 4.49. The molecule has 0 aliphatic carbocycles. The van der Waals surface area contributed by atoms with Gasteiger partial charge in [0.2, 0.25) is 0 Å². The highest BCUT2D eigenvalue weighted by Gasteiger charge is 2.35. The molecule has 0 N–H and O–H groups in total. The molecule has 0 amide bonds. The van der Waals surface area contributed by atoms with Crippen LogP contribution in [0.1, 0.15) is 16.6 Å². The Morgan fingerprint density at radius 3 is 2.62 bits per heavy atom. The van der Waals surface area contributed by atoms with E-state index in [9.17, 15) is 0 Å². The van der Waals surface area contributed by atoms with Crippen LogP contribution in [0, 0.1) is 6.85 Å². The van der Waals surface area contributed by atoms with Crippen LogP contribution in [0.15, 0.2) is 71.3 Å². The van der Waals surface area contributed by atoms with Crippen LogP contribution in [-0.4, -0.2) is 18.7 Å². The largest absolute Gasteiger partial charge is 0.455 e. The molecule has 4 aromatic rings. The Morgan fingerprint density at radius 2 is 1.83 bits per heavy atom. The number of furan rings is 1. The molecule has 0 fully saturated rings. The lowest BCUT2D eigenvalue weighted by Crippen LogP contribution is -2.62. The zero-order chi connectivity index (χ0) is 22.6. The van der Waals surface area contributed by atoms with Crippen molar-refractivity contribution in [2.45, 2.75) is 13.8 Å². The maximum atomic E-state index is 8.11. The molecule has 3 nitrogen and oxygen atoms in total. The van der Waals surface area contributed by atoms with E-state index >= 15 is 0 Å². The van der Waals surface area contributed by atoms with Crippen LogP contribution in [0.25, 0.3) is 33.8 Å². The third-order valence-electron chi connectivity index (χ3n) is 5.83. The summed E-state index contributed by atoms with van der Waals surface area (Å²) in [4.78, 5) is 2.14. The van der Waals surface area contributed by atoms with Gasteiger partial charge in [0.15, 0.2) is 11.8 Å². The van der Waals surface area contributed by atoms with E-state index in [0.29, 0.717) is 5.56 Å². The lowest BCUT2D eigenvalue weighted by Gasteiger charge is -2.25. The molecule has 0 spiro atoms. The molecule has 2 aromatic carbocycles. The maximum absolute atomic E-state index is 8.11. The minimum absolute atomic E-state index is 0.0541. The number of aromatic nitrogens is 1. The van der Waals surface area contributed by atoms with Gasteiger partial charge in [-0.3, -0.25) is 0 Å². The van der Waals surface area contributed by atoms with E-state index in [-0.39, 0.29) is 6.85 Å². The van der Waals surface area contributed by atoms with E-state index < -0.39 is 6.85 Å². The predicted molar refractivity (Wildman–Crippen MR) is 120 cm³/mol. The van der Waals surface area contributed by atoms with Gasteiger partial charge in [-0.05, 0) is 38.0 Å². The number of nitrogens with zero attached hydrogens (tertiary/aromatic N) is 2. The molecule has 0 saturated carbocycles. The normalized spacial score (nSPS) is 15.6. The first-order chi connectivity index (χ1) is 15.3. The molecule has 1 aliphatic heterocycles. The third kappa shape index (κ3) is 2.79. The Balaban J connectivity index is 1.78. The Kier molecular flexibility index (Phi) is 3.38. The summed E-state index contributed by atoms with van der Waals surface area (Å²) in [6.07, 6.45) is 3.79. The van der Waals surface area contributed by atoms with Gasteiger partial charge in [-0.25, -0.2) is 4.57 Å². The second-order valence-electron chi connectivity index (χ2n) is 7.72. The van der Waals surface area contributed by atoms with Crippen LogP contribution in [-0.2, 0) is 7.05 Å². The Bertz CT molecular complexity index is 1460. The van der Waals surface area contributed by atoms with Crippen molar-refractivity contribution in [2.75, 3.05) is 7.05 Å². The smallest absolute Gasteiger partial charge is 0.399 e. The molecule has 1 aliphatic rings. The average Bonchev–Trinajstić information content (AvgIpc) is 3.12. The van der Waals surface area contributed by atoms with Crippen LogP contribution in [0.2, 0.25) is 0 Å². The molecule has 4 heteroatoms. The highest BCUT2D eigenvalue weighted by molar-refractivity contribution is 6.85. The topological polar surface area (TPSA) is 20.3 Å². The van der Waals surface area contributed by atoms with Gasteiger partial charge in [-0.1, -0.05) is 54.0 Å². The molecule has 3 heterocycles. The Hall–Kier alpha value is -3.27. The van der Waals surface area contributed by atoms with Crippen molar-refractivity contribution in [3.8, 4) is 11.1 Å². The lowest BCUT2D eigenvalue weighted by molar-refractivity contribution is -0.654. The number of aryl methyl sites for hydroxylation is 2. The van der Waals surface area contributed by atoms with E-state index in [2.05, 4.69) is 17.8 Å². The summed E-state index contributed by atoms with van der Waals surface area (Å²) in [5, 5.41) is 2.21. The van der Waals surface area contributed by atoms with E-state index in [1.54, 1.807) is 6.20 Å². The van der Waals surface area contributed by atoms with Gasteiger partial charge < -0.3 is 9.23 Å². The number of benzene rings is 2. The Morgan fingerprint density at radius 1 is 1.07 bits per heavy atom. The van der Waals surface area contributed by atoms with Gasteiger partial charge in [-0.15, -0.1) is 0 Å². The first-order valence-electron chi connectivity index (χ1n) is 11.3. The zero-order valence-corrected chi connectivity index (χ0v) is 16.8. The summed E-state index contributed by atoms with van der Waals surface area (Å²) >= 11 is 0. The molecule has 142 valence electrons. The van der Waals surface area contributed by atoms with Crippen LogP contribution in [0.5, 0.6) is 0 Å². The average molecular weight is 382 g/mol. The van der Waals surface area contributed by atoms with Crippen molar-refractivity contribution < 1.29 is 13.1 Å². The number of rotatable bonds is 2. The zero-order valence-electron chi connectivity index (χ0n) is 19.8. The predicted octanol–water partition coefficient (Wildman–Crippen LogP) is 2.52. The van der Waals surface area contributed by atoms with E-state index in [1.165, 1.54) is 5.47 Å². The van der Waals surface area contributed by atoms with Crippen molar-refractivity contribution in [2.24, 2.45) is 7.05 Å². The molecular formula is C25H24BN2O+. The summed E-state index contributed by atoms with van der Waals surface area (Å²) in [7, 11) is 3.95. The SMILES string of the molecule is [2H]C([2H])([2H])c1c[n+](C)c(B2C(C)=c3c(oc4ccccc34)=CN2C)cc1-c1ccccc1. The summed E-state index contributed by atoms with van der Waals surface area (Å²) in [5.41, 5.74) is 5.90. The van der Waals surface area contributed by atoms with Crippen molar-refractivity contribution in [3.05, 3.63) is 83.1 Å². The number of hydrogen-bond acceptors (Lipinski definition) is 2. The summed E-state index contributed by atoms with van der Waals surface area (Å²) in [6, 6.07) is 19.9. The quantitative estimate of drug-likeness (QED) is 0.392. The van der Waals surface area contributed by atoms with Gasteiger partial charge in [0.1, 0.15) is 18.0 Å². The van der Waals surface area contributed by atoms with E-state index in [0.717, 1.165) is 38.3 Å². The van der Waals surface area contributed by atoms with Gasteiger partial charge in [0.05, 0.1) is 0 Å². The number of pyridine rings is 1. The molecule has 0 saturated heterocycles. The van der Waals surface area contributed by atoms with Crippen LogP contribution < -0.4 is 20.8 Å². The monoisotopic (exact) mass is 382 g/mol. The first-order valence-corrected chi connectivity index (χ1v) is 9.77. The van der Waals surface area contributed by atoms with Gasteiger partial charge in [0, 0.05) is 32.5 Å². The molecule has 0 bridgehead atoms. The van der Waals surface area contributed by atoms with Gasteiger partial charge in [-0.2, -0.15) is 0 Å². The molecule has 0 atom stereocenters. The summed E-state index contributed by atoms with van der Waals surface area (Å²) < 4.78 is 32.4. The lowest BCUT2D eigenvalue weighted by atomic mass is 9.49. The molecular weight excluding hydrogens is 355 g/mol. The number of para-hydroxylation sites is 1. The highest BCUT2D eigenvalue weighted by atomic mass is 16.3. The Labute approximate surface area is 175 Å². The van der Waals surface area contributed by atoms with Gasteiger partial charge in [0.25, 0.3) is 0 Å². The standard InChI is InChI=1S/C25H24BN2O/c1-17-15-27(3)24(14-21(17)19-10-6-5-7-11-19)26-18(2)25-20-12-8-9-13-22(20)29-23(25)16-28(26)4/h5-16H,1-4H3/q+1/i1D3. The van der Waals surface area contributed by atoms with Crippen molar-refractivity contribution in [3.63, 3.8) is 0 Å².